The highest BCUT2D eigenvalue weighted by atomic mass is 16.5. The molecule has 0 bridgehead atoms. The molecule has 1 atom stereocenters. The molecule has 1 aromatic heterocycles. The lowest BCUT2D eigenvalue weighted by Gasteiger charge is -2.23. The lowest BCUT2D eigenvalue weighted by Crippen LogP contribution is -2.38. The second kappa shape index (κ2) is 5.41. The second-order valence-electron chi connectivity index (χ2n) is 3.56. The molecule has 0 fully saturated rings. The molecule has 0 aromatic carbocycles. The lowest BCUT2D eigenvalue weighted by molar-refractivity contribution is 0.0627. The van der Waals surface area contributed by atoms with Gasteiger partial charge in [-0.1, -0.05) is 0 Å². The number of ether oxygens (including phenoxy) is 1. The van der Waals surface area contributed by atoms with E-state index in [1.165, 1.54) is 0 Å². The molecule has 16 heavy (non-hydrogen) atoms. The van der Waals surface area contributed by atoms with Crippen molar-refractivity contribution in [2.45, 2.75) is 13.0 Å². The van der Waals surface area contributed by atoms with Gasteiger partial charge in [0.25, 0.3) is 5.91 Å². The molecule has 0 radical (unpaired) electrons. The van der Waals surface area contributed by atoms with E-state index in [0.29, 0.717) is 12.4 Å². The standard InChI is InChI=1S/C10H16N4O2/c1-7(6-16-3)14(2)10(15)8-4-5-9(11)13-12-8/h4-5,7H,6H2,1-3H3,(H2,11,13). The van der Waals surface area contributed by atoms with Crippen LogP contribution >= 0.6 is 0 Å². The van der Waals surface area contributed by atoms with Gasteiger partial charge in [-0.3, -0.25) is 4.79 Å². The van der Waals surface area contributed by atoms with E-state index < -0.39 is 0 Å². The zero-order valence-corrected chi connectivity index (χ0v) is 9.67. The number of nitrogens with two attached hydrogens (primary N) is 1. The molecule has 0 saturated heterocycles. The monoisotopic (exact) mass is 224 g/mol. The SMILES string of the molecule is COCC(C)N(C)C(=O)c1ccc(N)nn1. The first kappa shape index (κ1) is 12.4. The van der Waals surface area contributed by atoms with Crippen LogP contribution in [-0.2, 0) is 4.74 Å². The number of anilines is 1. The first-order valence-corrected chi connectivity index (χ1v) is 4.91. The maximum atomic E-state index is 11.9. The number of rotatable bonds is 4. The molecular weight excluding hydrogens is 208 g/mol. The number of aromatic nitrogens is 2. The number of hydrogen-bond donors (Lipinski definition) is 1. The lowest BCUT2D eigenvalue weighted by atomic mass is 10.2. The zero-order chi connectivity index (χ0) is 12.1. The van der Waals surface area contributed by atoms with Crippen molar-refractivity contribution in [1.82, 2.24) is 15.1 Å². The highest BCUT2D eigenvalue weighted by Gasteiger charge is 2.18. The average Bonchev–Trinajstić information content (AvgIpc) is 2.28. The van der Waals surface area contributed by atoms with Gasteiger partial charge in [-0.15, -0.1) is 10.2 Å². The predicted octanol–water partition coefficient (Wildman–Crippen LogP) is 0.166. The van der Waals surface area contributed by atoms with Crippen LogP contribution in [0.15, 0.2) is 12.1 Å². The largest absolute Gasteiger partial charge is 0.383 e. The third kappa shape index (κ3) is 2.90. The maximum absolute atomic E-state index is 11.9. The van der Waals surface area contributed by atoms with Crippen LogP contribution in [0, 0.1) is 0 Å². The molecule has 1 amide bonds. The molecule has 1 rings (SSSR count). The number of carbonyl (C=O) groups excluding carboxylic acids is 1. The topological polar surface area (TPSA) is 81.3 Å². The molecular formula is C10H16N4O2. The smallest absolute Gasteiger partial charge is 0.274 e. The highest BCUT2D eigenvalue weighted by molar-refractivity contribution is 5.92. The number of carbonyl (C=O) groups is 1. The minimum Gasteiger partial charge on any atom is -0.383 e. The van der Waals surface area contributed by atoms with Gasteiger partial charge in [-0.2, -0.15) is 0 Å². The van der Waals surface area contributed by atoms with Gasteiger partial charge < -0.3 is 15.4 Å². The predicted molar refractivity (Wildman–Crippen MR) is 59.9 cm³/mol. The van der Waals surface area contributed by atoms with Crippen LogP contribution in [0.25, 0.3) is 0 Å². The van der Waals surface area contributed by atoms with E-state index in [1.807, 2.05) is 6.92 Å². The Labute approximate surface area is 94.4 Å². The first-order chi connectivity index (χ1) is 7.56. The van der Waals surface area contributed by atoms with Gasteiger partial charge in [0.2, 0.25) is 0 Å². The quantitative estimate of drug-likeness (QED) is 0.788. The first-order valence-electron chi connectivity index (χ1n) is 4.91. The van der Waals surface area contributed by atoms with Gasteiger partial charge in [-0.05, 0) is 19.1 Å². The molecule has 0 aliphatic heterocycles. The van der Waals surface area contributed by atoms with E-state index >= 15 is 0 Å². The zero-order valence-electron chi connectivity index (χ0n) is 9.67. The summed E-state index contributed by atoms with van der Waals surface area (Å²) in [6, 6.07) is 3.09. The molecule has 2 N–H and O–H groups in total. The Balaban J connectivity index is 2.73. The summed E-state index contributed by atoms with van der Waals surface area (Å²) < 4.78 is 4.98. The molecule has 1 aromatic rings. The molecule has 6 heteroatoms. The third-order valence-corrected chi connectivity index (χ3v) is 2.29. The number of amides is 1. The van der Waals surface area contributed by atoms with Crippen LogP contribution in [0.2, 0.25) is 0 Å². The van der Waals surface area contributed by atoms with Gasteiger partial charge >= 0.3 is 0 Å². The van der Waals surface area contributed by atoms with E-state index in [4.69, 9.17) is 10.5 Å². The summed E-state index contributed by atoms with van der Waals surface area (Å²) in [5.41, 5.74) is 5.67. The van der Waals surface area contributed by atoms with Crippen molar-refractivity contribution in [2.75, 3.05) is 26.5 Å². The minimum absolute atomic E-state index is 0.0168. The molecule has 0 aliphatic carbocycles. The Morgan fingerprint density at radius 3 is 2.75 bits per heavy atom. The Hall–Kier alpha value is -1.69. The number of nitrogens with zero attached hydrogens (tertiary/aromatic N) is 3. The van der Waals surface area contributed by atoms with Crippen molar-refractivity contribution in [1.29, 1.82) is 0 Å². The molecule has 0 spiro atoms. The minimum atomic E-state index is -0.197. The highest BCUT2D eigenvalue weighted by Crippen LogP contribution is 2.04. The van der Waals surface area contributed by atoms with Crippen LogP contribution in [0.5, 0.6) is 0 Å². The van der Waals surface area contributed by atoms with Crippen molar-refractivity contribution < 1.29 is 9.53 Å². The fraction of sp³-hybridized carbons (Fsp3) is 0.500. The Morgan fingerprint density at radius 2 is 2.25 bits per heavy atom. The maximum Gasteiger partial charge on any atom is 0.274 e. The van der Waals surface area contributed by atoms with Crippen molar-refractivity contribution in [3.63, 3.8) is 0 Å². The normalized spacial score (nSPS) is 12.2. The molecule has 1 unspecified atom stereocenters. The summed E-state index contributed by atoms with van der Waals surface area (Å²) in [6.45, 7) is 2.37. The summed E-state index contributed by atoms with van der Waals surface area (Å²) in [6.07, 6.45) is 0. The van der Waals surface area contributed by atoms with E-state index in [-0.39, 0.29) is 17.6 Å². The van der Waals surface area contributed by atoms with Gasteiger partial charge in [-0.25, -0.2) is 0 Å². The molecule has 88 valence electrons. The summed E-state index contributed by atoms with van der Waals surface area (Å²) in [7, 11) is 3.29. The van der Waals surface area contributed by atoms with E-state index in [0.717, 1.165) is 0 Å². The summed E-state index contributed by atoms with van der Waals surface area (Å²) in [5, 5.41) is 7.37. The van der Waals surface area contributed by atoms with Gasteiger partial charge in [0.1, 0.15) is 5.82 Å². The Kier molecular flexibility index (Phi) is 4.19. The van der Waals surface area contributed by atoms with Crippen LogP contribution in [0.4, 0.5) is 5.82 Å². The second-order valence-corrected chi connectivity index (χ2v) is 3.56. The molecule has 6 nitrogen and oxygen atoms in total. The van der Waals surface area contributed by atoms with Crippen LogP contribution in [0.3, 0.4) is 0 Å². The third-order valence-electron chi connectivity index (χ3n) is 2.29. The molecule has 0 saturated carbocycles. The van der Waals surface area contributed by atoms with E-state index in [9.17, 15) is 4.79 Å². The fourth-order valence-electron chi connectivity index (χ4n) is 1.19. The Morgan fingerprint density at radius 1 is 1.56 bits per heavy atom. The summed E-state index contributed by atoms with van der Waals surface area (Å²) >= 11 is 0. The van der Waals surface area contributed by atoms with Crippen molar-refractivity contribution in [3.8, 4) is 0 Å². The number of likely N-dealkylation sites (N-methyl/N-ethyl adjacent to an activating group) is 1. The van der Waals surface area contributed by atoms with Gasteiger partial charge in [0.05, 0.1) is 12.6 Å². The number of nitrogen functional groups attached to an aromatic ring is 1. The summed E-state index contributed by atoms with van der Waals surface area (Å²) in [5.74, 6) is 0.0983. The molecule has 0 aliphatic rings. The summed E-state index contributed by atoms with van der Waals surface area (Å²) in [4.78, 5) is 13.5. The van der Waals surface area contributed by atoms with Gasteiger partial charge in [0, 0.05) is 14.2 Å². The van der Waals surface area contributed by atoms with Crippen molar-refractivity contribution in [2.24, 2.45) is 0 Å². The van der Waals surface area contributed by atoms with Crippen LogP contribution in [-0.4, -0.2) is 47.8 Å². The fourth-order valence-corrected chi connectivity index (χ4v) is 1.19. The average molecular weight is 224 g/mol. The van der Waals surface area contributed by atoms with E-state index in [1.54, 1.807) is 31.2 Å². The molecule has 1 heterocycles. The van der Waals surface area contributed by atoms with Crippen molar-refractivity contribution in [3.05, 3.63) is 17.8 Å². The number of methoxy groups -OCH3 is 1. The van der Waals surface area contributed by atoms with Crippen LogP contribution < -0.4 is 5.73 Å². The van der Waals surface area contributed by atoms with Crippen LogP contribution in [0.1, 0.15) is 17.4 Å². The van der Waals surface area contributed by atoms with Crippen molar-refractivity contribution >= 4 is 11.7 Å². The van der Waals surface area contributed by atoms with E-state index in [2.05, 4.69) is 10.2 Å². The Bertz CT molecular complexity index is 352. The van der Waals surface area contributed by atoms with Gasteiger partial charge in [0.15, 0.2) is 5.69 Å². The number of hydrogen-bond acceptors (Lipinski definition) is 5.